The van der Waals surface area contributed by atoms with Crippen LogP contribution < -0.4 is 10.1 Å². The number of carbonyl (C=O) groups excluding carboxylic acids is 2. The number of nitrogens with one attached hydrogen (secondary N) is 1. The predicted molar refractivity (Wildman–Crippen MR) is 81.4 cm³/mol. The summed E-state index contributed by atoms with van der Waals surface area (Å²) in [6.45, 7) is 1.91. The minimum atomic E-state index is -0.354. The van der Waals surface area contributed by atoms with E-state index in [-0.39, 0.29) is 17.3 Å². The molecule has 1 N–H and O–H groups in total. The molecule has 20 heavy (non-hydrogen) atoms. The molecule has 6 heteroatoms. The maximum absolute atomic E-state index is 11.6. The van der Waals surface area contributed by atoms with E-state index in [1.807, 2.05) is 31.2 Å². The number of ether oxygens (including phenoxy) is 1. The number of amides is 2. The molecular weight excluding hydrogens is 342 g/mol. The molecule has 1 fully saturated rings. The van der Waals surface area contributed by atoms with Crippen molar-refractivity contribution in [2.75, 3.05) is 0 Å². The Bertz CT molecular complexity index is 681. The van der Waals surface area contributed by atoms with Crippen molar-refractivity contribution in [2.45, 2.75) is 13.0 Å². The van der Waals surface area contributed by atoms with E-state index in [4.69, 9.17) is 4.74 Å². The van der Waals surface area contributed by atoms with Crippen molar-refractivity contribution in [1.82, 2.24) is 5.32 Å². The number of rotatable bonds is 1. The van der Waals surface area contributed by atoms with Gasteiger partial charge in [0.25, 0.3) is 11.1 Å². The minimum absolute atomic E-state index is 0.166. The van der Waals surface area contributed by atoms with Crippen molar-refractivity contribution in [1.29, 1.82) is 0 Å². The summed E-state index contributed by atoms with van der Waals surface area (Å²) in [6, 6.07) is 5.77. The van der Waals surface area contributed by atoms with Crippen LogP contribution in [0.3, 0.4) is 0 Å². The van der Waals surface area contributed by atoms with E-state index in [0.29, 0.717) is 4.91 Å². The summed E-state index contributed by atoms with van der Waals surface area (Å²) in [4.78, 5) is 23.1. The van der Waals surface area contributed by atoms with Gasteiger partial charge in [-0.15, -0.1) is 0 Å². The zero-order valence-electron chi connectivity index (χ0n) is 10.5. The van der Waals surface area contributed by atoms with Gasteiger partial charge in [-0.05, 0) is 54.6 Å². The Morgan fingerprint density at radius 2 is 2.20 bits per heavy atom. The van der Waals surface area contributed by atoms with Crippen molar-refractivity contribution in [3.05, 3.63) is 44.8 Å². The molecule has 0 aliphatic carbocycles. The van der Waals surface area contributed by atoms with E-state index in [1.54, 1.807) is 6.08 Å². The van der Waals surface area contributed by atoms with E-state index in [0.717, 1.165) is 33.1 Å². The Hall–Kier alpha value is -1.53. The van der Waals surface area contributed by atoms with Crippen molar-refractivity contribution in [3.8, 4) is 5.75 Å². The molecule has 0 aromatic heterocycles. The zero-order valence-corrected chi connectivity index (χ0v) is 12.9. The lowest BCUT2D eigenvalue weighted by Gasteiger charge is -2.23. The van der Waals surface area contributed by atoms with Crippen LogP contribution in [0.5, 0.6) is 5.75 Å². The summed E-state index contributed by atoms with van der Waals surface area (Å²) in [5.74, 6) is 0.454. The highest BCUT2D eigenvalue weighted by Crippen LogP contribution is 2.34. The van der Waals surface area contributed by atoms with Crippen LogP contribution in [0.25, 0.3) is 6.08 Å². The molecular formula is C14H10BrNO3S. The molecule has 1 saturated heterocycles. The lowest BCUT2D eigenvalue weighted by Crippen LogP contribution is -2.20. The number of benzene rings is 1. The first-order valence-corrected chi connectivity index (χ1v) is 7.56. The lowest BCUT2D eigenvalue weighted by molar-refractivity contribution is -0.115. The Kier molecular flexibility index (Phi) is 3.43. The van der Waals surface area contributed by atoms with Crippen LogP contribution in [0.2, 0.25) is 0 Å². The van der Waals surface area contributed by atoms with E-state index >= 15 is 0 Å². The van der Waals surface area contributed by atoms with Gasteiger partial charge in [0.15, 0.2) is 0 Å². The number of carbonyl (C=O) groups is 2. The molecule has 0 saturated carbocycles. The molecule has 102 valence electrons. The number of thioether (sulfide) groups is 1. The number of fused-ring (bicyclic) bond motifs is 1. The molecule has 0 spiro atoms. The second kappa shape index (κ2) is 5.10. The monoisotopic (exact) mass is 351 g/mol. The average molecular weight is 352 g/mol. The highest BCUT2D eigenvalue weighted by molar-refractivity contribution is 9.10. The van der Waals surface area contributed by atoms with Gasteiger partial charge in [-0.25, -0.2) is 0 Å². The first-order valence-electron chi connectivity index (χ1n) is 5.95. The summed E-state index contributed by atoms with van der Waals surface area (Å²) in [5.41, 5.74) is 1.81. The van der Waals surface area contributed by atoms with Crippen molar-refractivity contribution in [2.24, 2.45) is 0 Å². The normalized spacial score (nSPS) is 23.2. The molecule has 3 rings (SSSR count). The molecule has 1 unspecified atom stereocenters. The minimum Gasteiger partial charge on any atom is -0.485 e. The highest BCUT2D eigenvalue weighted by Gasteiger charge is 2.27. The lowest BCUT2D eigenvalue weighted by atomic mass is 10.0. The molecule has 1 aromatic carbocycles. The third-order valence-electron chi connectivity index (χ3n) is 3.01. The van der Waals surface area contributed by atoms with Gasteiger partial charge in [0.1, 0.15) is 11.9 Å². The van der Waals surface area contributed by atoms with Crippen LogP contribution in [-0.2, 0) is 4.79 Å². The standard InChI is InChI=1S/C14H10BrNO3S/c1-7-8(6-12-13(17)16-14(18)20-12)4-9-5-10(15)2-3-11(9)19-7/h2-7H,1H3,(H,16,17,18)/b12-6-. The van der Waals surface area contributed by atoms with Gasteiger partial charge in [0.2, 0.25) is 0 Å². The molecule has 0 radical (unpaired) electrons. The van der Waals surface area contributed by atoms with Crippen LogP contribution in [0, 0.1) is 0 Å². The fraction of sp³-hybridized carbons (Fsp3) is 0.143. The third kappa shape index (κ3) is 2.53. The number of hydrogen-bond acceptors (Lipinski definition) is 4. The first kappa shape index (κ1) is 13.5. The maximum Gasteiger partial charge on any atom is 0.290 e. The van der Waals surface area contributed by atoms with Gasteiger partial charge in [-0.2, -0.15) is 0 Å². The largest absolute Gasteiger partial charge is 0.485 e. The van der Waals surface area contributed by atoms with Crippen LogP contribution in [0.15, 0.2) is 39.2 Å². The fourth-order valence-electron chi connectivity index (χ4n) is 2.03. The number of imide groups is 1. The molecule has 4 nitrogen and oxygen atoms in total. The third-order valence-corrected chi connectivity index (χ3v) is 4.31. The number of hydrogen-bond donors (Lipinski definition) is 1. The highest BCUT2D eigenvalue weighted by atomic mass is 79.9. The molecule has 2 aliphatic rings. The van der Waals surface area contributed by atoms with Gasteiger partial charge < -0.3 is 4.74 Å². The zero-order chi connectivity index (χ0) is 14.3. The summed E-state index contributed by atoms with van der Waals surface area (Å²) < 4.78 is 6.77. The summed E-state index contributed by atoms with van der Waals surface area (Å²) >= 11 is 4.33. The molecule has 2 aliphatic heterocycles. The van der Waals surface area contributed by atoms with E-state index < -0.39 is 0 Å². The van der Waals surface area contributed by atoms with Gasteiger partial charge in [-0.3, -0.25) is 14.9 Å². The smallest absolute Gasteiger partial charge is 0.290 e. The van der Waals surface area contributed by atoms with Crippen molar-refractivity contribution in [3.63, 3.8) is 0 Å². The Balaban J connectivity index is 1.99. The molecule has 2 amide bonds. The van der Waals surface area contributed by atoms with Crippen LogP contribution in [-0.4, -0.2) is 17.3 Å². The van der Waals surface area contributed by atoms with Gasteiger partial charge in [0, 0.05) is 10.0 Å². The van der Waals surface area contributed by atoms with Crippen LogP contribution in [0.4, 0.5) is 4.79 Å². The quantitative estimate of drug-likeness (QED) is 0.787. The summed E-state index contributed by atoms with van der Waals surface area (Å²) in [6.07, 6.45) is 3.51. The Morgan fingerprint density at radius 3 is 2.90 bits per heavy atom. The summed E-state index contributed by atoms with van der Waals surface area (Å²) in [7, 11) is 0. The Labute approximate surface area is 128 Å². The second-order valence-corrected chi connectivity index (χ2v) is 6.37. The van der Waals surface area contributed by atoms with Crippen molar-refractivity contribution >= 4 is 44.9 Å². The van der Waals surface area contributed by atoms with E-state index in [1.165, 1.54) is 0 Å². The van der Waals surface area contributed by atoms with E-state index in [2.05, 4.69) is 21.2 Å². The number of halogens is 1. The molecule has 2 heterocycles. The van der Waals surface area contributed by atoms with Crippen LogP contribution in [0.1, 0.15) is 12.5 Å². The first-order chi connectivity index (χ1) is 9.52. The van der Waals surface area contributed by atoms with Gasteiger partial charge in [0.05, 0.1) is 4.91 Å². The fourth-order valence-corrected chi connectivity index (χ4v) is 3.09. The maximum atomic E-state index is 11.6. The van der Waals surface area contributed by atoms with Crippen LogP contribution >= 0.6 is 27.7 Å². The average Bonchev–Trinajstić information content (AvgIpc) is 2.69. The topological polar surface area (TPSA) is 55.4 Å². The molecule has 1 aromatic rings. The molecule has 0 bridgehead atoms. The van der Waals surface area contributed by atoms with Crippen molar-refractivity contribution < 1.29 is 14.3 Å². The predicted octanol–water partition coefficient (Wildman–Crippen LogP) is 3.48. The molecule has 1 atom stereocenters. The Morgan fingerprint density at radius 1 is 1.40 bits per heavy atom. The van der Waals surface area contributed by atoms with Gasteiger partial charge in [-0.1, -0.05) is 15.9 Å². The summed E-state index contributed by atoms with van der Waals surface area (Å²) in [5, 5.41) is 1.90. The SMILES string of the molecule is CC1Oc2ccc(Br)cc2C=C1/C=C1\SC(=O)NC1=O. The van der Waals surface area contributed by atoms with Gasteiger partial charge >= 0.3 is 0 Å². The van der Waals surface area contributed by atoms with E-state index in [9.17, 15) is 9.59 Å². The second-order valence-electron chi connectivity index (χ2n) is 4.44.